The molecule has 19 heavy (non-hydrogen) atoms. The lowest BCUT2D eigenvalue weighted by molar-refractivity contribution is -0.148. The predicted molar refractivity (Wildman–Crippen MR) is 68.4 cm³/mol. The van der Waals surface area contributed by atoms with E-state index in [1.807, 2.05) is 4.90 Å². The number of amides is 1. The van der Waals surface area contributed by atoms with E-state index >= 15 is 0 Å². The Balaban J connectivity index is 2.05. The molecule has 0 spiro atoms. The summed E-state index contributed by atoms with van der Waals surface area (Å²) in [5.41, 5.74) is 0. The minimum atomic E-state index is -0.571. The Hall–Kier alpha value is -1.14. The van der Waals surface area contributed by atoms with Gasteiger partial charge >= 0.3 is 5.97 Å². The van der Waals surface area contributed by atoms with Crippen molar-refractivity contribution < 1.29 is 19.4 Å². The molecule has 0 aromatic carbocycles. The molecule has 1 amide bonds. The average Bonchev–Trinajstić information content (AvgIpc) is 3.05. The van der Waals surface area contributed by atoms with Crippen molar-refractivity contribution in [1.29, 1.82) is 0 Å². The average molecular weight is 270 g/mol. The Morgan fingerprint density at radius 3 is 2.53 bits per heavy atom. The first-order chi connectivity index (χ1) is 9.04. The van der Waals surface area contributed by atoms with Gasteiger partial charge in [0, 0.05) is 26.1 Å². The predicted octanol–water partition coefficient (Wildman–Crippen LogP) is -0.394. The number of ether oxygens (including phenoxy) is 1. The van der Waals surface area contributed by atoms with E-state index in [2.05, 4.69) is 0 Å². The highest BCUT2D eigenvalue weighted by Crippen LogP contribution is 2.23. The summed E-state index contributed by atoms with van der Waals surface area (Å²) in [4.78, 5) is 27.7. The largest absolute Gasteiger partial charge is 0.468 e. The summed E-state index contributed by atoms with van der Waals surface area (Å²) in [6, 6.07) is -0.902. The van der Waals surface area contributed by atoms with Crippen molar-refractivity contribution in [3.05, 3.63) is 0 Å². The van der Waals surface area contributed by atoms with E-state index in [0.29, 0.717) is 13.0 Å². The summed E-state index contributed by atoms with van der Waals surface area (Å²) in [6.07, 6.45) is 1.85. The third-order valence-electron chi connectivity index (χ3n) is 4.06. The summed E-state index contributed by atoms with van der Waals surface area (Å²) < 4.78 is 4.75. The lowest BCUT2D eigenvalue weighted by Crippen LogP contribution is -2.50. The maximum Gasteiger partial charge on any atom is 0.323 e. The number of hydrogen-bond acceptors (Lipinski definition) is 5. The number of likely N-dealkylation sites (tertiary alicyclic amines) is 2. The van der Waals surface area contributed by atoms with Crippen molar-refractivity contribution >= 4 is 11.9 Å². The van der Waals surface area contributed by atoms with Gasteiger partial charge in [-0.15, -0.1) is 0 Å². The van der Waals surface area contributed by atoms with Gasteiger partial charge in [0.15, 0.2) is 0 Å². The highest BCUT2D eigenvalue weighted by Gasteiger charge is 2.42. The molecule has 0 saturated carbocycles. The van der Waals surface area contributed by atoms with Crippen LogP contribution in [0.3, 0.4) is 0 Å². The first kappa shape index (κ1) is 14.3. The number of methoxy groups -OCH3 is 1. The van der Waals surface area contributed by atoms with Gasteiger partial charge in [0.2, 0.25) is 5.91 Å². The Labute approximate surface area is 113 Å². The van der Waals surface area contributed by atoms with Gasteiger partial charge in [-0.2, -0.15) is 0 Å². The van der Waals surface area contributed by atoms with E-state index in [0.717, 1.165) is 25.9 Å². The second-order valence-corrected chi connectivity index (χ2v) is 5.33. The van der Waals surface area contributed by atoms with Gasteiger partial charge in [-0.25, -0.2) is 0 Å². The second-order valence-electron chi connectivity index (χ2n) is 5.33. The molecule has 6 nitrogen and oxygen atoms in total. The summed E-state index contributed by atoms with van der Waals surface area (Å²) in [7, 11) is 1.33. The zero-order valence-electron chi connectivity index (χ0n) is 11.5. The maximum absolute atomic E-state index is 12.3. The number of hydrogen-bond donors (Lipinski definition) is 1. The van der Waals surface area contributed by atoms with E-state index in [1.54, 1.807) is 11.8 Å². The number of β-amino-alcohol motifs (C(OH)–C–C–N with tert-alkyl or cyclic N) is 1. The fourth-order valence-electron chi connectivity index (χ4n) is 2.98. The van der Waals surface area contributed by atoms with E-state index in [4.69, 9.17) is 4.74 Å². The van der Waals surface area contributed by atoms with Crippen LogP contribution >= 0.6 is 0 Å². The van der Waals surface area contributed by atoms with Gasteiger partial charge in [0.1, 0.15) is 6.04 Å². The number of esters is 1. The zero-order valence-corrected chi connectivity index (χ0v) is 11.5. The molecule has 108 valence electrons. The molecule has 3 unspecified atom stereocenters. The molecule has 2 fully saturated rings. The number of carbonyl (C=O) groups is 2. The van der Waals surface area contributed by atoms with Crippen molar-refractivity contribution in [2.24, 2.45) is 0 Å². The summed E-state index contributed by atoms with van der Waals surface area (Å²) in [5.74, 6) is -0.335. The molecule has 2 aliphatic heterocycles. The molecule has 2 rings (SSSR count). The van der Waals surface area contributed by atoms with Crippen LogP contribution in [0.25, 0.3) is 0 Å². The molecule has 0 aromatic rings. The van der Waals surface area contributed by atoms with Gasteiger partial charge < -0.3 is 14.7 Å². The Morgan fingerprint density at radius 2 is 1.95 bits per heavy atom. The first-order valence-corrected chi connectivity index (χ1v) is 6.85. The summed E-state index contributed by atoms with van der Waals surface area (Å²) >= 11 is 0. The molecule has 0 radical (unpaired) electrons. The molecule has 0 aromatic heterocycles. The number of nitrogens with zero attached hydrogens (tertiary/aromatic N) is 2. The summed E-state index contributed by atoms with van der Waals surface area (Å²) in [5, 5.41) is 9.74. The van der Waals surface area contributed by atoms with E-state index in [-0.39, 0.29) is 17.9 Å². The lowest BCUT2D eigenvalue weighted by atomic mass is 10.1. The van der Waals surface area contributed by atoms with Gasteiger partial charge in [-0.05, 0) is 19.8 Å². The first-order valence-electron chi connectivity index (χ1n) is 6.85. The summed E-state index contributed by atoms with van der Waals surface area (Å²) in [6.45, 7) is 3.74. The fourth-order valence-corrected chi connectivity index (χ4v) is 2.98. The van der Waals surface area contributed by atoms with Crippen LogP contribution in [0, 0.1) is 0 Å². The maximum atomic E-state index is 12.3. The minimum Gasteiger partial charge on any atom is -0.468 e. The van der Waals surface area contributed by atoms with Crippen molar-refractivity contribution in [3.63, 3.8) is 0 Å². The van der Waals surface area contributed by atoms with Crippen LogP contribution in [0.2, 0.25) is 0 Å². The van der Waals surface area contributed by atoms with Crippen LogP contribution in [0.1, 0.15) is 26.2 Å². The van der Waals surface area contributed by atoms with Crippen molar-refractivity contribution in [2.75, 3.05) is 26.7 Å². The van der Waals surface area contributed by atoms with Crippen LogP contribution < -0.4 is 0 Å². The smallest absolute Gasteiger partial charge is 0.323 e. The fraction of sp³-hybridized carbons (Fsp3) is 0.846. The van der Waals surface area contributed by atoms with Gasteiger partial charge in [-0.3, -0.25) is 14.5 Å². The van der Waals surface area contributed by atoms with Gasteiger partial charge in [-0.1, -0.05) is 0 Å². The molecular formula is C13H22N2O4. The van der Waals surface area contributed by atoms with E-state index in [9.17, 15) is 14.7 Å². The van der Waals surface area contributed by atoms with Gasteiger partial charge in [0.25, 0.3) is 0 Å². The zero-order chi connectivity index (χ0) is 14.0. The normalized spacial score (nSPS) is 29.5. The Bertz CT molecular complexity index is 355. The molecule has 2 heterocycles. The molecule has 1 N–H and O–H groups in total. The third kappa shape index (κ3) is 2.90. The molecule has 2 aliphatic rings. The van der Waals surface area contributed by atoms with Crippen LogP contribution in [0.4, 0.5) is 0 Å². The number of carbonyl (C=O) groups excluding carboxylic acids is 2. The van der Waals surface area contributed by atoms with Crippen molar-refractivity contribution in [3.8, 4) is 0 Å². The number of aliphatic hydroxyl groups is 1. The molecule has 0 bridgehead atoms. The third-order valence-corrected chi connectivity index (χ3v) is 4.06. The molecular weight excluding hydrogens is 248 g/mol. The SMILES string of the molecule is COC(=O)C1CC(O)CN1C(C)C(=O)N1CCCC1. The molecule has 6 heteroatoms. The number of aliphatic hydroxyl groups excluding tert-OH is 1. The lowest BCUT2D eigenvalue weighted by Gasteiger charge is -2.30. The van der Waals surface area contributed by atoms with Gasteiger partial charge in [0.05, 0.1) is 19.3 Å². The van der Waals surface area contributed by atoms with Crippen LogP contribution in [0.15, 0.2) is 0 Å². The van der Waals surface area contributed by atoms with Crippen molar-refractivity contribution in [1.82, 2.24) is 9.80 Å². The molecule has 0 aliphatic carbocycles. The standard InChI is InChI=1S/C13H22N2O4/c1-9(12(17)14-5-3-4-6-14)15-8-10(16)7-11(15)13(18)19-2/h9-11,16H,3-8H2,1-2H3. The Kier molecular flexibility index (Phi) is 4.42. The van der Waals surface area contributed by atoms with Crippen LogP contribution in [-0.4, -0.2) is 71.7 Å². The molecule has 3 atom stereocenters. The Morgan fingerprint density at radius 1 is 1.32 bits per heavy atom. The topological polar surface area (TPSA) is 70.1 Å². The highest BCUT2D eigenvalue weighted by molar-refractivity contribution is 5.83. The van der Waals surface area contributed by atoms with Crippen LogP contribution in [-0.2, 0) is 14.3 Å². The molecule has 2 saturated heterocycles. The van der Waals surface area contributed by atoms with Crippen molar-refractivity contribution in [2.45, 2.75) is 44.4 Å². The minimum absolute atomic E-state index is 0.0421. The van der Waals surface area contributed by atoms with E-state index in [1.165, 1.54) is 7.11 Å². The van der Waals surface area contributed by atoms with Crippen LogP contribution in [0.5, 0.6) is 0 Å². The van der Waals surface area contributed by atoms with E-state index < -0.39 is 12.1 Å². The quantitative estimate of drug-likeness (QED) is 0.707. The highest BCUT2D eigenvalue weighted by atomic mass is 16.5. The second kappa shape index (κ2) is 5.88. The number of rotatable bonds is 3. The monoisotopic (exact) mass is 270 g/mol.